The van der Waals surface area contributed by atoms with E-state index in [-0.39, 0.29) is 11.8 Å². The number of anilines is 1. The van der Waals surface area contributed by atoms with Gasteiger partial charge in [-0.05, 0) is 43.4 Å². The van der Waals surface area contributed by atoms with Crippen LogP contribution in [0.15, 0.2) is 54.2 Å². The van der Waals surface area contributed by atoms with Crippen molar-refractivity contribution in [2.24, 2.45) is 0 Å². The molecule has 0 atom stereocenters. The molecule has 0 saturated heterocycles. The van der Waals surface area contributed by atoms with Crippen LogP contribution >= 0.6 is 0 Å². The van der Waals surface area contributed by atoms with Crippen molar-refractivity contribution in [3.05, 3.63) is 70.9 Å². The Morgan fingerprint density at radius 3 is 2.45 bits per heavy atom. The van der Waals surface area contributed by atoms with Gasteiger partial charge in [0, 0.05) is 18.8 Å². The Labute approximate surface area is 172 Å². The summed E-state index contributed by atoms with van der Waals surface area (Å²) in [6.45, 7) is 5.39. The fraction of sp³-hybridized carbons (Fsp3) is 0.360. The molecule has 2 amide bonds. The molecule has 29 heavy (non-hydrogen) atoms. The van der Waals surface area contributed by atoms with Crippen LogP contribution < -0.4 is 4.90 Å². The number of fused-ring (bicyclic) bond motifs is 1. The van der Waals surface area contributed by atoms with Gasteiger partial charge in [0.05, 0.1) is 5.57 Å². The van der Waals surface area contributed by atoms with E-state index in [1.54, 1.807) is 0 Å². The minimum absolute atomic E-state index is 0.154. The Balaban J connectivity index is 1.81. The van der Waals surface area contributed by atoms with E-state index in [0.717, 1.165) is 55.5 Å². The molecule has 0 saturated carbocycles. The SMILES string of the molecule is CCCCCN1C(=O)C(c2ccc(C)cc2)=C(N2CCCc3ccccc32)C1=O. The molecule has 4 nitrogen and oxygen atoms in total. The van der Waals surface area contributed by atoms with Gasteiger partial charge in [0.2, 0.25) is 0 Å². The Bertz CT molecular complexity index is 959. The fourth-order valence-electron chi connectivity index (χ4n) is 4.28. The zero-order valence-electron chi connectivity index (χ0n) is 17.3. The van der Waals surface area contributed by atoms with E-state index in [9.17, 15) is 9.59 Å². The number of hydrogen-bond donors (Lipinski definition) is 0. The largest absolute Gasteiger partial charge is 0.336 e. The molecule has 4 heteroatoms. The van der Waals surface area contributed by atoms with Gasteiger partial charge in [-0.1, -0.05) is 67.8 Å². The number of carbonyl (C=O) groups is 2. The van der Waals surface area contributed by atoms with Gasteiger partial charge < -0.3 is 4.90 Å². The number of para-hydroxylation sites is 1. The zero-order chi connectivity index (χ0) is 20.4. The second-order valence-electron chi connectivity index (χ2n) is 7.94. The van der Waals surface area contributed by atoms with E-state index in [1.165, 1.54) is 10.5 Å². The Morgan fingerprint density at radius 1 is 0.931 bits per heavy atom. The Kier molecular flexibility index (Phi) is 5.52. The molecule has 2 aliphatic heterocycles. The highest BCUT2D eigenvalue weighted by Gasteiger charge is 2.42. The van der Waals surface area contributed by atoms with Gasteiger partial charge in [-0.25, -0.2) is 0 Å². The molecule has 2 aliphatic rings. The molecule has 0 fully saturated rings. The summed E-state index contributed by atoms with van der Waals surface area (Å²) in [6.07, 6.45) is 4.89. The van der Waals surface area contributed by atoms with Crippen LogP contribution in [-0.2, 0) is 16.0 Å². The summed E-state index contributed by atoms with van der Waals surface area (Å²) >= 11 is 0. The molecule has 2 heterocycles. The Hall–Kier alpha value is -2.88. The van der Waals surface area contributed by atoms with E-state index in [4.69, 9.17) is 0 Å². The van der Waals surface area contributed by atoms with Gasteiger partial charge in [0.15, 0.2) is 0 Å². The van der Waals surface area contributed by atoms with Gasteiger partial charge in [0.25, 0.3) is 11.8 Å². The number of carbonyl (C=O) groups excluding carboxylic acids is 2. The van der Waals surface area contributed by atoms with Crippen LogP contribution in [0.4, 0.5) is 5.69 Å². The third kappa shape index (κ3) is 3.59. The number of nitrogens with zero attached hydrogens (tertiary/aromatic N) is 2. The molecule has 0 bridgehead atoms. The van der Waals surface area contributed by atoms with Crippen molar-refractivity contribution in [2.45, 2.75) is 46.0 Å². The molecule has 0 spiro atoms. The summed E-state index contributed by atoms with van der Waals surface area (Å²) in [6, 6.07) is 16.1. The van der Waals surface area contributed by atoms with E-state index in [2.05, 4.69) is 24.0 Å². The maximum absolute atomic E-state index is 13.5. The molecular formula is C25H28N2O2. The zero-order valence-corrected chi connectivity index (χ0v) is 17.3. The van der Waals surface area contributed by atoms with E-state index < -0.39 is 0 Å². The fourth-order valence-corrected chi connectivity index (χ4v) is 4.28. The van der Waals surface area contributed by atoms with Gasteiger partial charge >= 0.3 is 0 Å². The highest BCUT2D eigenvalue weighted by molar-refractivity contribution is 6.36. The van der Waals surface area contributed by atoms with Gasteiger partial charge in [-0.2, -0.15) is 0 Å². The number of hydrogen-bond acceptors (Lipinski definition) is 3. The minimum atomic E-state index is -0.159. The van der Waals surface area contributed by atoms with Crippen molar-refractivity contribution in [1.29, 1.82) is 0 Å². The van der Waals surface area contributed by atoms with E-state index >= 15 is 0 Å². The molecule has 0 aromatic heterocycles. The predicted molar refractivity (Wildman–Crippen MR) is 116 cm³/mol. The van der Waals surface area contributed by atoms with Crippen LogP contribution in [0.1, 0.15) is 49.3 Å². The van der Waals surface area contributed by atoms with E-state index in [1.807, 2.05) is 43.3 Å². The van der Waals surface area contributed by atoms with Crippen molar-refractivity contribution in [1.82, 2.24) is 4.90 Å². The third-order valence-electron chi connectivity index (χ3n) is 5.85. The normalized spacial score (nSPS) is 16.6. The highest BCUT2D eigenvalue weighted by Crippen LogP contribution is 2.38. The lowest BCUT2D eigenvalue weighted by Gasteiger charge is -2.32. The maximum atomic E-state index is 13.5. The lowest BCUT2D eigenvalue weighted by atomic mass is 9.98. The highest BCUT2D eigenvalue weighted by atomic mass is 16.2. The average Bonchev–Trinajstić information content (AvgIpc) is 2.98. The summed E-state index contributed by atoms with van der Waals surface area (Å²) in [4.78, 5) is 30.4. The minimum Gasteiger partial charge on any atom is -0.336 e. The first-order chi connectivity index (χ1) is 14.1. The molecule has 2 aromatic carbocycles. The number of imide groups is 1. The second-order valence-corrected chi connectivity index (χ2v) is 7.94. The molecule has 0 N–H and O–H groups in total. The van der Waals surface area contributed by atoms with Crippen molar-refractivity contribution in [3.63, 3.8) is 0 Å². The molecule has 150 valence electrons. The summed E-state index contributed by atoms with van der Waals surface area (Å²) in [5.41, 5.74) is 5.33. The van der Waals surface area contributed by atoms with Crippen molar-refractivity contribution in [3.8, 4) is 0 Å². The van der Waals surface area contributed by atoms with Crippen LogP contribution in [0, 0.1) is 6.92 Å². The van der Waals surface area contributed by atoms with Crippen LogP contribution in [-0.4, -0.2) is 29.8 Å². The number of amides is 2. The van der Waals surface area contributed by atoms with Crippen LogP contribution in [0.3, 0.4) is 0 Å². The van der Waals surface area contributed by atoms with Crippen molar-refractivity contribution in [2.75, 3.05) is 18.0 Å². The average molecular weight is 389 g/mol. The first-order valence-corrected chi connectivity index (χ1v) is 10.6. The maximum Gasteiger partial charge on any atom is 0.278 e. The van der Waals surface area contributed by atoms with Crippen LogP contribution in [0.25, 0.3) is 5.57 Å². The van der Waals surface area contributed by atoms with Crippen molar-refractivity contribution >= 4 is 23.1 Å². The summed E-state index contributed by atoms with van der Waals surface area (Å²) in [5, 5.41) is 0. The van der Waals surface area contributed by atoms with Crippen LogP contribution in [0.2, 0.25) is 0 Å². The molecule has 0 unspecified atom stereocenters. The number of aryl methyl sites for hydroxylation is 2. The Morgan fingerprint density at radius 2 is 1.69 bits per heavy atom. The van der Waals surface area contributed by atoms with Crippen LogP contribution in [0.5, 0.6) is 0 Å². The topological polar surface area (TPSA) is 40.6 Å². The van der Waals surface area contributed by atoms with Gasteiger partial charge in [-0.3, -0.25) is 14.5 Å². The molecule has 2 aromatic rings. The quantitative estimate of drug-likeness (QED) is 0.531. The molecule has 0 radical (unpaired) electrons. The second kappa shape index (κ2) is 8.24. The van der Waals surface area contributed by atoms with Crippen molar-refractivity contribution < 1.29 is 9.59 Å². The first kappa shape index (κ1) is 19.4. The smallest absolute Gasteiger partial charge is 0.278 e. The lowest BCUT2D eigenvalue weighted by molar-refractivity contribution is -0.137. The molecule has 0 aliphatic carbocycles. The molecular weight excluding hydrogens is 360 g/mol. The standard InChI is InChI=1S/C25H28N2O2/c1-3-4-7-16-27-24(28)22(20-14-12-18(2)13-15-20)23(25(27)29)26-17-8-10-19-9-5-6-11-21(19)26/h5-6,9,11-15H,3-4,7-8,10,16-17H2,1-2H3. The number of rotatable bonds is 6. The van der Waals surface area contributed by atoms with E-state index in [0.29, 0.717) is 17.8 Å². The summed E-state index contributed by atoms with van der Waals surface area (Å²) in [7, 11) is 0. The van der Waals surface area contributed by atoms with Gasteiger partial charge in [0.1, 0.15) is 5.70 Å². The monoisotopic (exact) mass is 388 g/mol. The lowest BCUT2D eigenvalue weighted by Crippen LogP contribution is -2.37. The number of unbranched alkanes of at least 4 members (excludes halogenated alkanes) is 2. The molecule has 4 rings (SSSR count). The van der Waals surface area contributed by atoms with Gasteiger partial charge in [-0.15, -0.1) is 0 Å². The predicted octanol–water partition coefficient (Wildman–Crippen LogP) is 4.72. The summed E-state index contributed by atoms with van der Waals surface area (Å²) in [5.74, 6) is -0.314. The first-order valence-electron chi connectivity index (χ1n) is 10.6. The number of benzene rings is 2. The summed E-state index contributed by atoms with van der Waals surface area (Å²) < 4.78 is 0. The third-order valence-corrected chi connectivity index (χ3v) is 5.85.